The summed E-state index contributed by atoms with van der Waals surface area (Å²) in [5.74, 6) is -2.61. The van der Waals surface area contributed by atoms with Crippen LogP contribution in [0.3, 0.4) is 0 Å². The average molecular weight is 463 g/mol. The lowest BCUT2D eigenvalue weighted by molar-refractivity contribution is -0.131. The third-order valence-corrected chi connectivity index (χ3v) is 4.22. The van der Waals surface area contributed by atoms with Crippen molar-refractivity contribution in [2.24, 2.45) is 4.99 Å². The summed E-state index contributed by atoms with van der Waals surface area (Å²) in [5, 5.41) is 4.99. The zero-order chi connectivity index (χ0) is 24.6. The smallest absolute Gasteiger partial charge is 0.412 e. The van der Waals surface area contributed by atoms with E-state index in [4.69, 9.17) is 14.2 Å². The van der Waals surface area contributed by atoms with Gasteiger partial charge in [0.2, 0.25) is 0 Å². The predicted molar refractivity (Wildman–Crippen MR) is 118 cm³/mol. The molecule has 0 fully saturated rings. The van der Waals surface area contributed by atoms with Crippen LogP contribution in [0.5, 0.6) is 5.75 Å². The Morgan fingerprint density at radius 3 is 2.21 bits per heavy atom. The number of rotatable bonds is 8. The minimum absolute atomic E-state index is 0.00643. The molecule has 2 aromatic carbocycles. The maximum absolute atomic E-state index is 14.3. The summed E-state index contributed by atoms with van der Waals surface area (Å²) < 4.78 is 43.6. The SMILES string of the molecule is COc1cc(F)c(C(OC)C(=O)NCc2ccc(N=CNC(=O)OC(C)(C)C)cc2)c(F)c1. The number of alkyl carbamates (subject to hydrolysis) is 1. The van der Waals surface area contributed by atoms with Crippen LogP contribution in [0.2, 0.25) is 0 Å². The molecule has 2 amide bonds. The third-order valence-electron chi connectivity index (χ3n) is 4.22. The number of nitrogens with one attached hydrogen (secondary N) is 2. The van der Waals surface area contributed by atoms with E-state index in [9.17, 15) is 18.4 Å². The van der Waals surface area contributed by atoms with E-state index in [-0.39, 0.29) is 12.3 Å². The second-order valence-electron chi connectivity index (χ2n) is 7.91. The quantitative estimate of drug-likeness (QED) is 0.453. The fourth-order valence-corrected chi connectivity index (χ4v) is 2.73. The van der Waals surface area contributed by atoms with Gasteiger partial charge in [0.15, 0.2) is 6.10 Å². The van der Waals surface area contributed by atoms with Gasteiger partial charge in [0.05, 0.1) is 24.7 Å². The highest BCUT2D eigenvalue weighted by Gasteiger charge is 2.27. The normalized spacial score (nSPS) is 12.3. The van der Waals surface area contributed by atoms with Crippen molar-refractivity contribution in [3.05, 3.63) is 59.2 Å². The third kappa shape index (κ3) is 7.83. The molecule has 2 aromatic rings. The van der Waals surface area contributed by atoms with E-state index in [0.29, 0.717) is 11.3 Å². The van der Waals surface area contributed by atoms with Gasteiger partial charge in [-0.2, -0.15) is 0 Å². The summed E-state index contributed by atoms with van der Waals surface area (Å²) in [7, 11) is 2.47. The van der Waals surface area contributed by atoms with Crippen LogP contribution >= 0.6 is 0 Å². The monoisotopic (exact) mass is 463 g/mol. The Kier molecular flexibility index (Phi) is 8.86. The van der Waals surface area contributed by atoms with Crippen LogP contribution in [0, 0.1) is 11.6 Å². The Morgan fingerprint density at radius 2 is 1.70 bits per heavy atom. The highest BCUT2D eigenvalue weighted by Crippen LogP contribution is 2.28. The van der Waals surface area contributed by atoms with Gasteiger partial charge >= 0.3 is 6.09 Å². The van der Waals surface area contributed by atoms with Crippen LogP contribution in [-0.4, -0.2) is 38.2 Å². The van der Waals surface area contributed by atoms with Crippen LogP contribution in [0.4, 0.5) is 19.3 Å². The Hall–Kier alpha value is -3.53. The lowest BCUT2D eigenvalue weighted by Crippen LogP contribution is -2.31. The van der Waals surface area contributed by atoms with Crippen molar-refractivity contribution in [2.75, 3.05) is 14.2 Å². The lowest BCUT2D eigenvalue weighted by atomic mass is 10.1. The summed E-state index contributed by atoms with van der Waals surface area (Å²) in [6, 6.07) is 8.72. The van der Waals surface area contributed by atoms with Crippen molar-refractivity contribution in [1.29, 1.82) is 0 Å². The summed E-state index contributed by atoms with van der Waals surface area (Å²) in [6.45, 7) is 5.35. The van der Waals surface area contributed by atoms with Gasteiger partial charge in [0, 0.05) is 25.8 Å². The molecule has 2 rings (SSSR count). The number of hydrogen-bond acceptors (Lipinski definition) is 6. The number of hydrogen-bond donors (Lipinski definition) is 2. The minimum atomic E-state index is -1.47. The van der Waals surface area contributed by atoms with Crippen molar-refractivity contribution in [3.63, 3.8) is 0 Å². The lowest BCUT2D eigenvalue weighted by Gasteiger charge is -2.18. The van der Waals surface area contributed by atoms with Crippen LogP contribution in [0.25, 0.3) is 0 Å². The van der Waals surface area contributed by atoms with Gasteiger partial charge in [-0.25, -0.2) is 18.6 Å². The van der Waals surface area contributed by atoms with Crippen molar-refractivity contribution in [2.45, 2.75) is 39.0 Å². The maximum Gasteiger partial charge on any atom is 0.412 e. The molecule has 0 spiro atoms. The van der Waals surface area contributed by atoms with Gasteiger partial charge in [-0.3, -0.25) is 10.1 Å². The fourth-order valence-electron chi connectivity index (χ4n) is 2.73. The second-order valence-corrected chi connectivity index (χ2v) is 7.91. The van der Waals surface area contributed by atoms with E-state index < -0.39 is 40.9 Å². The van der Waals surface area contributed by atoms with E-state index in [1.807, 2.05) is 0 Å². The van der Waals surface area contributed by atoms with Gasteiger partial charge in [-0.05, 0) is 38.5 Å². The Labute approximate surface area is 190 Å². The average Bonchev–Trinajstić information content (AvgIpc) is 2.74. The Balaban J connectivity index is 1.96. The first-order valence-corrected chi connectivity index (χ1v) is 9.98. The standard InChI is InChI=1S/C23H27F2N3O5/c1-23(2,3)33-22(30)28-13-27-15-8-6-14(7-9-15)12-26-21(29)20(32-5)19-17(24)10-16(31-4)11-18(19)25/h6-11,13,20H,12H2,1-5H3,(H,26,29)(H,27,28,30). The van der Waals surface area contributed by atoms with E-state index in [1.54, 1.807) is 45.0 Å². The van der Waals surface area contributed by atoms with E-state index in [0.717, 1.165) is 12.1 Å². The highest BCUT2D eigenvalue weighted by atomic mass is 19.1. The molecule has 0 saturated carbocycles. The molecule has 1 atom stereocenters. The first kappa shape index (κ1) is 25.7. The largest absolute Gasteiger partial charge is 0.497 e. The first-order chi connectivity index (χ1) is 15.5. The molecule has 33 heavy (non-hydrogen) atoms. The van der Waals surface area contributed by atoms with Crippen LogP contribution in [0.1, 0.15) is 38.0 Å². The molecule has 0 aliphatic carbocycles. The molecular formula is C23H27F2N3O5. The van der Waals surface area contributed by atoms with Crippen molar-refractivity contribution < 1.29 is 32.6 Å². The molecule has 2 N–H and O–H groups in total. The minimum Gasteiger partial charge on any atom is -0.497 e. The number of halogens is 2. The van der Waals surface area contributed by atoms with E-state index in [2.05, 4.69) is 15.6 Å². The van der Waals surface area contributed by atoms with Gasteiger partial charge in [0.1, 0.15) is 23.0 Å². The zero-order valence-electron chi connectivity index (χ0n) is 19.1. The topological polar surface area (TPSA) is 98.3 Å². The second kappa shape index (κ2) is 11.4. The summed E-state index contributed by atoms with van der Waals surface area (Å²) >= 11 is 0. The molecule has 0 aliphatic heterocycles. The molecule has 0 aromatic heterocycles. The van der Waals surface area contributed by atoms with Crippen molar-refractivity contribution >= 4 is 24.0 Å². The van der Waals surface area contributed by atoms with Crippen LogP contribution in [-0.2, 0) is 20.8 Å². The molecule has 0 aliphatic rings. The van der Waals surface area contributed by atoms with Crippen molar-refractivity contribution in [3.8, 4) is 5.75 Å². The molecule has 10 heteroatoms. The number of carbonyl (C=O) groups excluding carboxylic acids is 2. The molecule has 0 radical (unpaired) electrons. The predicted octanol–water partition coefficient (Wildman–Crippen LogP) is 4.16. The number of ether oxygens (including phenoxy) is 3. The summed E-state index contributed by atoms with van der Waals surface area (Å²) in [5.41, 5.74) is 0.153. The summed E-state index contributed by atoms with van der Waals surface area (Å²) in [4.78, 5) is 28.2. The maximum atomic E-state index is 14.3. The molecule has 178 valence electrons. The Bertz CT molecular complexity index is 981. The van der Waals surface area contributed by atoms with Crippen molar-refractivity contribution in [1.82, 2.24) is 10.6 Å². The number of amides is 2. The number of benzene rings is 2. The van der Waals surface area contributed by atoms with Gasteiger partial charge in [0.25, 0.3) is 5.91 Å². The molecule has 8 nitrogen and oxygen atoms in total. The van der Waals surface area contributed by atoms with Gasteiger partial charge in [-0.1, -0.05) is 12.1 Å². The van der Waals surface area contributed by atoms with E-state index >= 15 is 0 Å². The number of nitrogens with zero attached hydrogens (tertiary/aromatic N) is 1. The van der Waals surface area contributed by atoms with Crippen LogP contribution < -0.4 is 15.4 Å². The van der Waals surface area contributed by atoms with Crippen LogP contribution in [0.15, 0.2) is 41.4 Å². The first-order valence-electron chi connectivity index (χ1n) is 9.98. The van der Waals surface area contributed by atoms with Gasteiger partial charge < -0.3 is 19.5 Å². The Morgan fingerprint density at radius 1 is 1.09 bits per heavy atom. The zero-order valence-corrected chi connectivity index (χ0v) is 19.1. The number of carbonyl (C=O) groups is 2. The number of methoxy groups -OCH3 is 2. The molecule has 0 saturated heterocycles. The fraction of sp³-hybridized carbons (Fsp3) is 0.348. The molecule has 1 unspecified atom stereocenters. The highest BCUT2D eigenvalue weighted by molar-refractivity contribution is 5.83. The van der Waals surface area contributed by atoms with E-state index in [1.165, 1.54) is 20.6 Å². The number of aliphatic imine (C=N–C) groups is 1. The molecule has 0 heterocycles. The summed E-state index contributed by atoms with van der Waals surface area (Å²) in [6.07, 6.45) is -0.881. The molecule has 0 bridgehead atoms. The molecular weight excluding hydrogens is 436 g/mol. The van der Waals surface area contributed by atoms with Gasteiger partial charge in [-0.15, -0.1) is 0 Å².